The second kappa shape index (κ2) is 8.90. The summed E-state index contributed by atoms with van der Waals surface area (Å²) in [7, 11) is 1.60. The lowest BCUT2D eigenvalue weighted by Gasteiger charge is -2.19. The van der Waals surface area contributed by atoms with Crippen LogP contribution >= 0.6 is 0 Å². The Morgan fingerprint density at radius 2 is 1.86 bits per heavy atom. The second-order valence-electron chi connectivity index (χ2n) is 7.96. The first-order valence-corrected chi connectivity index (χ1v) is 9.68. The van der Waals surface area contributed by atoms with E-state index >= 15 is 0 Å². The molecule has 1 heterocycles. The van der Waals surface area contributed by atoms with Crippen LogP contribution in [0.2, 0.25) is 0 Å². The van der Waals surface area contributed by atoms with Crippen LogP contribution in [0.4, 0.5) is 0 Å². The standard InChI is InChI=1S/C23H27N3O3/c1-23(2,3)18-11-8-16(9-12-18)10-13-20(27)24-15-21-25-26-22(29-21)17-6-5-7-19(14-17)28-4/h5-9,11-12,14H,10,13,15H2,1-4H3,(H,24,27). The lowest BCUT2D eigenvalue weighted by molar-refractivity contribution is -0.121. The van der Waals surface area contributed by atoms with Crippen molar-refractivity contribution < 1.29 is 13.9 Å². The molecular formula is C23H27N3O3. The van der Waals surface area contributed by atoms with Gasteiger partial charge in [0.15, 0.2) is 0 Å². The predicted molar refractivity (Wildman–Crippen MR) is 112 cm³/mol. The van der Waals surface area contributed by atoms with Crippen LogP contribution in [0.25, 0.3) is 11.5 Å². The molecule has 3 rings (SSSR count). The maximum atomic E-state index is 12.2. The Balaban J connectivity index is 1.49. The van der Waals surface area contributed by atoms with Gasteiger partial charge < -0.3 is 14.5 Å². The quantitative estimate of drug-likeness (QED) is 0.648. The van der Waals surface area contributed by atoms with Crippen LogP contribution < -0.4 is 10.1 Å². The Bertz CT molecular complexity index is 956. The first kappa shape index (κ1) is 20.6. The van der Waals surface area contributed by atoms with Crippen LogP contribution in [0.5, 0.6) is 5.75 Å². The second-order valence-corrected chi connectivity index (χ2v) is 7.96. The largest absolute Gasteiger partial charge is 0.497 e. The summed E-state index contributed by atoms with van der Waals surface area (Å²) in [6, 6.07) is 15.8. The van der Waals surface area contributed by atoms with E-state index in [4.69, 9.17) is 9.15 Å². The number of aryl methyl sites for hydroxylation is 1. The van der Waals surface area contributed by atoms with E-state index in [2.05, 4.69) is 60.6 Å². The van der Waals surface area contributed by atoms with E-state index in [0.29, 0.717) is 30.4 Å². The first-order chi connectivity index (χ1) is 13.8. The van der Waals surface area contributed by atoms with E-state index in [1.165, 1.54) is 5.56 Å². The normalized spacial score (nSPS) is 11.3. The van der Waals surface area contributed by atoms with E-state index < -0.39 is 0 Å². The minimum atomic E-state index is -0.0500. The van der Waals surface area contributed by atoms with Gasteiger partial charge in [0.2, 0.25) is 17.7 Å². The molecule has 2 aromatic carbocycles. The minimum absolute atomic E-state index is 0.0500. The highest BCUT2D eigenvalue weighted by Gasteiger charge is 2.13. The molecule has 0 unspecified atom stereocenters. The number of benzene rings is 2. The molecule has 29 heavy (non-hydrogen) atoms. The number of carbonyl (C=O) groups excluding carboxylic acids is 1. The van der Waals surface area contributed by atoms with Crippen LogP contribution in [0.1, 0.15) is 44.2 Å². The molecule has 0 aliphatic heterocycles. The van der Waals surface area contributed by atoms with Gasteiger partial charge >= 0.3 is 0 Å². The van der Waals surface area contributed by atoms with Crippen molar-refractivity contribution in [3.05, 3.63) is 65.5 Å². The van der Waals surface area contributed by atoms with Crippen molar-refractivity contribution >= 4 is 5.91 Å². The molecule has 0 spiro atoms. The molecular weight excluding hydrogens is 366 g/mol. The van der Waals surface area contributed by atoms with Crippen LogP contribution in [0.3, 0.4) is 0 Å². The molecule has 152 valence electrons. The Morgan fingerprint density at radius 3 is 2.55 bits per heavy atom. The summed E-state index contributed by atoms with van der Waals surface area (Å²) in [5, 5.41) is 10.9. The summed E-state index contributed by atoms with van der Waals surface area (Å²) in [6.45, 7) is 6.77. The molecule has 0 fully saturated rings. The summed E-state index contributed by atoms with van der Waals surface area (Å²) in [5.74, 6) is 1.43. The number of aromatic nitrogens is 2. The molecule has 6 nitrogen and oxygen atoms in total. The number of methoxy groups -OCH3 is 1. The molecule has 0 atom stereocenters. The van der Waals surface area contributed by atoms with Gasteiger partial charge in [0.1, 0.15) is 5.75 Å². The highest BCUT2D eigenvalue weighted by molar-refractivity contribution is 5.76. The van der Waals surface area contributed by atoms with Gasteiger partial charge in [-0.25, -0.2) is 0 Å². The number of nitrogens with one attached hydrogen (secondary N) is 1. The summed E-state index contributed by atoms with van der Waals surface area (Å²) >= 11 is 0. The van der Waals surface area contributed by atoms with Crippen molar-refractivity contribution in [2.75, 3.05) is 7.11 Å². The number of nitrogens with zero attached hydrogens (tertiary/aromatic N) is 2. The van der Waals surface area contributed by atoms with Crippen LogP contribution in [0.15, 0.2) is 52.9 Å². The molecule has 0 bridgehead atoms. The van der Waals surface area contributed by atoms with Gasteiger partial charge in [-0.3, -0.25) is 4.79 Å². The van der Waals surface area contributed by atoms with Crippen molar-refractivity contribution in [1.82, 2.24) is 15.5 Å². The van der Waals surface area contributed by atoms with E-state index in [0.717, 1.165) is 11.1 Å². The summed E-state index contributed by atoms with van der Waals surface area (Å²) in [4.78, 5) is 12.2. The van der Waals surface area contributed by atoms with E-state index in [1.807, 2.05) is 24.3 Å². The summed E-state index contributed by atoms with van der Waals surface area (Å²) in [6.07, 6.45) is 1.10. The van der Waals surface area contributed by atoms with Crippen molar-refractivity contribution in [2.24, 2.45) is 0 Å². The molecule has 0 aliphatic rings. The maximum Gasteiger partial charge on any atom is 0.247 e. The molecule has 1 N–H and O–H groups in total. The fourth-order valence-corrected chi connectivity index (χ4v) is 2.89. The molecule has 0 saturated carbocycles. The highest BCUT2D eigenvalue weighted by atomic mass is 16.5. The summed E-state index contributed by atoms with van der Waals surface area (Å²) < 4.78 is 10.8. The topological polar surface area (TPSA) is 77.3 Å². The van der Waals surface area contributed by atoms with Crippen LogP contribution in [-0.2, 0) is 23.2 Å². The van der Waals surface area contributed by atoms with E-state index in [9.17, 15) is 4.79 Å². The monoisotopic (exact) mass is 393 g/mol. The van der Waals surface area contributed by atoms with E-state index in [1.54, 1.807) is 7.11 Å². The lowest BCUT2D eigenvalue weighted by atomic mass is 9.86. The van der Waals surface area contributed by atoms with Crippen LogP contribution in [-0.4, -0.2) is 23.2 Å². The zero-order valence-electron chi connectivity index (χ0n) is 17.4. The van der Waals surface area contributed by atoms with Gasteiger partial charge in [0.05, 0.1) is 13.7 Å². The SMILES string of the molecule is COc1cccc(-c2nnc(CNC(=O)CCc3ccc(C(C)(C)C)cc3)o2)c1. The molecule has 1 aromatic heterocycles. The Morgan fingerprint density at radius 1 is 1.10 bits per heavy atom. The Hall–Kier alpha value is -3.15. The zero-order chi connectivity index (χ0) is 20.9. The fraction of sp³-hybridized carbons (Fsp3) is 0.348. The average Bonchev–Trinajstić information content (AvgIpc) is 3.19. The third-order valence-electron chi connectivity index (χ3n) is 4.68. The molecule has 0 aliphatic carbocycles. The maximum absolute atomic E-state index is 12.2. The van der Waals surface area contributed by atoms with Gasteiger partial charge in [0, 0.05) is 12.0 Å². The first-order valence-electron chi connectivity index (χ1n) is 9.68. The van der Waals surface area contributed by atoms with Crippen molar-refractivity contribution in [3.63, 3.8) is 0 Å². The van der Waals surface area contributed by atoms with Crippen LogP contribution in [0, 0.1) is 0 Å². The molecule has 3 aromatic rings. The summed E-state index contributed by atoms with van der Waals surface area (Å²) in [5.41, 5.74) is 3.33. The third-order valence-corrected chi connectivity index (χ3v) is 4.68. The minimum Gasteiger partial charge on any atom is -0.497 e. The average molecular weight is 393 g/mol. The molecule has 0 saturated heterocycles. The number of hydrogen-bond acceptors (Lipinski definition) is 5. The fourth-order valence-electron chi connectivity index (χ4n) is 2.89. The number of rotatable bonds is 7. The lowest BCUT2D eigenvalue weighted by Crippen LogP contribution is -2.23. The van der Waals surface area contributed by atoms with Gasteiger partial charge in [0.25, 0.3) is 0 Å². The van der Waals surface area contributed by atoms with Crippen molar-refractivity contribution in [1.29, 1.82) is 0 Å². The predicted octanol–water partition coefficient (Wildman–Crippen LogP) is 4.29. The number of hydrogen-bond donors (Lipinski definition) is 1. The van der Waals surface area contributed by atoms with Gasteiger partial charge in [-0.2, -0.15) is 0 Å². The van der Waals surface area contributed by atoms with E-state index in [-0.39, 0.29) is 17.9 Å². The third kappa shape index (κ3) is 5.67. The highest BCUT2D eigenvalue weighted by Crippen LogP contribution is 2.23. The molecule has 0 radical (unpaired) electrons. The smallest absolute Gasteiger partial charge is 0.247 e. The zero-order valence-corrected chi connectivity index (χ0v) is 17.4. The van der Waals surface area contributed by atoms with Crippen molar-refractivity contribution in [3.8, 4) is 17.2 Å². The number of amides is 1. The molecule has 1 amide bonds. The van der Waals surface area contributed by atoms with Gasteiger partial charge in [-0.1, -0.05) is 51.1 Å². The Labute approximate surface area is 171 Å². The Kier molecular flexibility index (Phi) is 6.32. The van der Waals surface area contributed by atoms with Gasteiger partial charge in [-0.05, 0) is 41.2 Å². The van der Waals surface area contributed by atoms with Crippen molar-refractivity contribution in [2.45, 2.75) is 45.6 Å². The van der Waals surface area contributed by atoms with Gasteiger partial charge in [-0.15, -0.1) is 10.2 Å². The molecule has 6 heteroatoms. The number of carbonyl (C=O) groups is 1. The number of ether oxygens (including phenoxy) is 1.